The van der Waals surface area contributed by atoms with E-state index in [4.69, 9.17) is 9.47 Å². The van der Waals surface area contributed by atoms with Crippen LogP contribution in [0.15, 0.2) is 42.0 Å². The Morgan fingerprint density at radius 2 is 1.64 bits per heavy atom. The van der Waals surface area contributed by atoms with Gasteiger partial charge in [0.25, 0.3) is 0 Å². The van der Waals surface area contributed by atoms with Gasteiger partial charge in [0.1, 0.15) is 25.5 Å². The highest BCUT2D eigenvalue weighted by molar-refractivity contribution is 8.77. The number of benzene rings is 1. The summed E-state index contributed by atoms with van der Waals surface area (Å²) >= 11 is 0. The predicted octanol–water partition coefficient (Wildman–Crippen LogP) is 10.5. The largest absolute Gasteiger partial charge is 0.463 e. The Labute approximate surface area is 344 Å². The zero-order valence-corrected chi connectivity index (χ0v) is 36.6. The number of nitrogens with one attached hydrogen (secondary N) is 1. The van der Waals surface area contributed by atoms with Gasteiger partial charge in [-0.15, -0.1) is 0 Å². The van der Waals surface area contributed by atoms with E-state index in [1.165, 1.54) is 17.7 Å². The van der Waals surface area contributed by atoms with Crippen molar-refractivity contribution in [1.29, 1.82) is 0 Å². The van der Waals surface area contributed by atoms with E-state index in [1.54, 1.807) is 0 Å². The third-order valence-corrected chi connectivity index (χ3v) is 19.7. The van der Waals surface area contributed by atoms with Gasteiger partial charge in [0.15, 0.2) is 0 Å². The number of carbonyl (C=O) groups excluding carboxylic acids is 4. The van der Waals surface area contributed by atoms with Crippen LogP contribution in [0, 0.1) is 50.2 Å². The fraction of sp³-hybridized carbons (Fsp3) is 0.745. The molecular weight excluding hydrogens is 739 g/mol. The maximum absolute atomic E-state index is 14.4. The Morgan fingerprint density at radius 3 is 2.39 bits per heavy atom. The molecule has 5 fully saturated rings. The first-order valence-corrected chi connectivity index (χ1v) is 24.1. The summed E-state index contributed by atoms with van der Waals surface area (Å²) in [7, 11) is 3.91. The van der Waals surface area contributed by atoms with E-state index in [1.807, 2.05) is 58.8 Å². The molecule has 0 bridgehead atoms. The van der Waals surface area contributed by atoms with Crippen molar-refractivity contribution in [3.63, 3.8) is 0 Å². The van der Waals surface area contributed by atoms with Crippen LogP contribution in [-0.2, 0) is 35.3 Å². The number of hydrogen-bond acceptors (Lipinski definition) is 8. The normalized spacial score (nSPS) is 38.5. The van der Waals surface area contributed by atoms with E-state index in [2.05, 4.69) is 46.0 Å². The molecule has 9 atom stereocenters. The maximum atomic E-state index is 14.4. The van der Waals surface area contributed by atoms with Crippen LogP contribution in [0.1, 0.15) is 143 Å². The Hall–Kier alpha value is -2.26. The molecule has 0 radical (unpaired) electrons. The Bertz CT molecular complexity index is 1690. The Morgan fingerprint density at radius 1 is 0.875 bits per heavy atom. The summed E-state index contributed by atoms with van der Waals surface area (Å²) < 4.78 is 12.1. The average Bonchev–Trinajstić information content (AvgIpc) is 3.70. The van der Waals surface area contributed by atoms with Crippen molar-refractivity contribution in [2.75, 3.05) is 18.9 Å². The standard InChI is InChI=1S/C47H67NO6S2/c1-42(2)23-25-47(41(52)53-30-32-12-8-7-9-13-32)26-24-45(5)34(35(47)28-42)16-17-37-43(3)21-19-38(49)44(4,36(43)18-22-46(37,45)6)31-54-40(51)29-48-39(50)15-11-10-14-33-20-27-55-56-33/h7-9,12-13,16,33,35-37H,10-11,14-15,17-31H2,1-6H3,(H,48,50)/t33-,35+,36-,37-,43+,44+,45-,46-,47+/m1/s1. The van der Waals surface area contributed by atoms with Crippen molar-refractivity contribution in [3.05, 3.63) is 47.5 Å². The summed E-state index contributed by atoms with van der Waals surface area (Å²) in [6.07, 6.45) is 16.1. The van der Waals surface area contributed by atoms with Gasteiger partial charge in [0, 0.05) is 23.8 Å². The highest BCUT2D eigenvalue weighted by atomic mass is 33.1. The van der Waals surface area contributed by atoms with Crippen LogP contribution >= 0.6 is 21.6 Å². The molecule has 1 aliphatic heterocycles. The van der Waals surface area contributed by atoms with E-state index < -0.39 is 16.8 Å². The molecule has 1 saturated heterocycles. The lowest BCUT2D eigenvalue weighted by atomic mass is 9.33. The summed E-state index contributed by atoms with van der Waals surface area (Å²) in [6, 6.07) is 10.0. The molecule has 1 amide bonds. The minimum atomic E-state index is -0.771. The fourth-order valence-corrected chi connectivity index (χ4v) is 16.1. The first-order chi connectivity index (χ1) is 26.6. The lowest BCUT2D eigenvalue weighted by Gasteiger charge is -2.70. The maximum Gasteiger partial charge on any atom is 0.325 e. The molecule has 1 heterocycles. The van der Waals surface area contributed by atoms with E-state index in [9.17, 15) is 19.2 Å². The number of hydrogen-bond donors (Lipinski definition) is 1. The SMILES string of the molecule is CC1(C)CC[C@]2(C(=O)OCc3ccccc3)CC[C@]3(C)C(=CC[C@@H]4[C@@]5(C)CCC(=O)[C@@](C)(COC(=O)CNC(=O)CCCC[C@@H]6CCSS6)[C@@H]5CC[C@]43C)[C@@H]2C1. The fourth-order valence-electron chi connectivity index (χ4n) is 13.0. The van der Waals surface area contributed by atoms with Gasteiger partial charge in [-0.1, -0.05) is 105 Å². The summed E-state index contributed by atoms with van der Waals surface area (Å²) in [5, 5.41) is 3.47. The molecule has 1 N–H and O–H groups in total. The first kappa shape index (κ1) is 41.9. The predicted molar refractivity (Wildman–Crippen MR) is 226 cm³/mol. The van der Waals surface area contributed by atoms with Crippen molar-refractivity contribution in [1.82, 2.24) is 5.32 Å². The van der Waals surface area contributed by atoms with Gasteiger partial charge in [-0.3, -0.25) is 19.2 Å². The van der Waals surface area contributed by atoms with Gasteiger partial charge in [-0.25, -0.2) is 0 Å². The average molecular weight is 806 g/mol. The van der Waals surface area contributed by atoms with Crippen molar-refractivity contribution in [3.8, 4) is 0 Å². The number of amides is 1. The van der Waals surface area contributed by atoms with Gasteiger partial charge in [-0.2, -0.15) is 0 Å². The van der Waals surface area contributed by atoms with Gasteiger partial charge < -0.3 is 14.8 Å². The molecule has 9 heteroatoms. The van der Waals surface area contributed by atoms with Crippen LogP contribution in [0.3, 0.4) is 0 Å². The van der Waals surface area contributed by atoms with Crippen LogP contribution in [-0.4, -0.2) is 47.8 Å². The summed E-state index contributed by atoms with van der Waals surface area (Å²) in [5.74, 6) is 1.42. The molecule has 7 rings (SSSR count). The number of ether oxygens (including phenoxy) is 2. The number of ketones is 1. The molecule has 0 unspecified atom stereocenters. The van der Waals surface area contributed by atoms with Crippen molar-refractivity contribution in [2.45, 2.75) is 150 Å². The lowest BCUT2D eigenvalue weighted by molar-refractivity contribution is -0.198. The van der Waals surface area contributed by atoms with Crippen molar-refractivity contribution >= 4 is 45.2 Å². The van der Waals surface area contributed by atoms with Gasteiger partial charge in [0.05, 0.1) is 10.8 Å². The highest BCUT2D eigenvalue weighted by Crippen LogP contribution is 2.75. The number of esters is 2. The molecule has 0 aromatic heterocycles. The number of fused-ring (bicyclic) bond motifs is 7. The van der Waals surface area contributed by atoms with Gasteiger partial charge in [-0.05, 0) is 129 Å². The number of Topliss-reactive ketones (excluding diaryl/α,β-unsaturated/α-hetero) is 1. The van der Waals surface area contributed by atoms with Crippen molar-refractivity contribution < 1.29 is 28.7 Å². The third-order valence-electron chi connectivity index (χ3n) is 16.7. The molecule has 4 saturated carbocycles. The zero-order chi connectivity index (χ0) is 40.0. The second-order valence-corrected chi connectivity index (χ2v) is 23.1. The topological polar surface area (TPSA) is 98.8 Å². The van der Waals surface area contributed by atoms with E-state index >= 15 is 0 Å². The van der Waals surface area contributed by atoms with Crippen LogP contribution in [0.5, 0.6) is 0 Å². The quantitative estimate of drug-likeness (QED) is 0.0965. The number of carbonyl (C=O) groups is 4. The second-order valence-electron chi connectivity index (χ2n) is 20.3. The van der Waals surface area contributed by atoms with Crippen LogP contribution in [0.25, 0.3) is 0 Å². The molecule has 7 nitrogen and oxygen atoms in total. The van der Waals surface area contributed by atoms with Crippen molar-refractivity contribution in [2.24, 2.45) is 50.2 Å². The van der Waals surface area contributed by atoms with E-state index in [0.717, 1.165) is 82.6 Å². The Balaban J connectivity index is 1.04. The highest BCUT2D eigenvalue weighted by Gasteiger charge is 2.70. The second kappa shape index (κ2) is 16.1. The minimum Gasteiger partial charge on any atom is -0.463 e. The third kappa shape index (κ3) is 7.56. The van der Waals surface area contributed by atoms with Gasteiger partial charge in [0.2, 0.25) is 5.91 Å². The van der Waals surface area contributed by atoms with E-state index in [0.29, 0.717) is 30.6 Å². The molecule has 6 aliphatic rings. The lowest BCUT2D eigenvalue weighted by Crippen LogP contribution is -2.65. The smallest absolute Gasteiger partial charge is 0.325 e. The Kier molecular flexibility index (Phi) is 12.0. The van der Waals surface area contributed by atoms with Crippen LogP contribution in [0.4, 0.5) is 0 Å². The summed E-state index contributed by atoms with van der Waals surface area (Å²) in [6.45, 7) is 14.5. The molecule has 56 heavy (non-hydrogen) atoms. The molecular formula is C47H67NO6S2. The zero-order valence-electron chi connectivity index (χ0n) is 35.0. The number of allylic oxidation sites excluding steroid dienone is 2. The molecule has 1 aromatic carbocycles. The summed E-state index contributed by atoms with van der Waals surface area (Å²) in [4.78, 5) is 53.8. The minimum absolute atomic E-state index is 0.00117. The van der Waals surface area contributed by atoms with E-state index in [-0.39, 0.29) is 64.3 Å². The first-order valence-electron chi connectivity index (χ1n) is 21.7. The number of rotatable bonds is 12. The molecule has 308 valence electrons. The molecule has 0 spiro atoms. The van der Waals surface area contributed by atoms with Gasteiger partial charge >= 0.3 is 11.9 Å². The molecule has 1 aromatic rings. The summed E-state index contributed by atoms with van der Waals surface area (Å²) in [5.41, 5.74) is 1.23. The molecule has 5 aliphatic carbocycles. The van der Waals surface area contributed by atoms with Crippen LogP contribution < -0.4 is 5.32 Å². The monoisotopic (exact) mass is 805 g/mol. The van der Waals surface area contributed by atoms with Crippen LogP contribution in [0.2, 0.25) is 0 Å². The number of unbranched alkanes of at least 4 members (excludes halogenated alkanes) is 1.